The average Bonchev–Trinajstić information content (AvgIpc) is 2.27. The number of carbonyl (C=O) groups is 2. The second-order valence-electron chi connectivity index (χ2n) is 3.50. The van der Waals surface area contributed by atoms with E-state index in [4.69, 9.17) is 16.7 Å². The standard InChI is InChI=1S/C12H11ClFNO3/c1-7(16)15-4-2-3-8-5-10(13)9(12(17)18)6-11(8)14/h2-3,5-6H,4H2,1H3,(H,15,16)(H,17,18). The zero-order chi connectivity index (χ0) is 13.7. The number of rotatable bonds is 4. The molecule has 2 N–H and O–H groups in total. The fourth-order valence-corrected chi connectivity index (χ4v) is 1.50. The minimum Gasteiger partial charge on any atom is -0.478 e. The third-order valence-corrected chi connectivity index (χ3v) is 2.40. The van der Waals surface area contributed by atoms with Gasteiger partial charge in [-0.15, -0.1) is 0 Å². The van der Waals surface area contributed by atoms with Crippen molar-refractivity contribution in [2.75, 3.05) is 6.54 Å². The monoisotopic (exact) mass is 271 g/mol. The molecule has 0 fully saturated rings. The Kier molecular flexibility index (Phi) is 4.85. The molecular formula is C12H11ClFNO3. The maximum Gasteiger partial charge on any atom is 0.337 e. The Hall–Kier alpha value is -1.88. The fraction of sp³-hybridized carbons (Fsp3) is 0.167. The normalized spacial score (nSPS) is 10.6. The van der Waals surface area contributed by atoms with Crippen LogP contribution in [0.1, 0.15) is 22.8 Å². The molecule has 0 saturated carbocycles. The van der Waals surface area contributed by atoms with E-state index in [0.717, 1.165) is 6.07 Å². The smallest absolute Gasteiger partial charge is 0.337 e. The molecule has 0 saturated heterocycles. The molecule has 0 radical (unpaired) electrons. The number of amides is 1. The van der Waals surface area contributed by atoms with Gasteiger partial charge in [0.05, 0.1) is 10.6 Å². The van der Waals surface area contributed by atoms with Crippen molar-refractivity contribution in [1.29, 1.82) is 0 Å². The first-order chi connectivity index (χ1) is 8.41. The zero-order valence-electron chi connectivity index (χ0n) is 9.54. The van der Waals surface area contributed by atoms with Crippen LogP contribution in [0.5, 0.6) is 0 Å². The summed E-state index contributed by atoms with van der Waals surface area (Å²) < 4.78 is 13.5. The van der Waals surface area contributed by atoms with Gasteiger partial charge in [0.15, 0.2) is 0 Å². The summed E-state index contributed by atoms with van der Waals surface area (Å²) in [7, 11) is 0. The molecule has 0 atom stereocenters. The lowest BCUT2D eigenvalue weighted by Gasteiger charge is -2.02. The van der Waals surface area contributed by atoms with Gasteiger partial charge in [-0.1, -0.05) is 23.8 Å². The van der Waals surface area contributed by atoms with Crippen LogP contribution >= 0.6 is 11.6 Å². The highest BCUT2D eigenvalue weighted by Crippen LogP contribution is 2.21. The zero-order valence-corrected chi connectivity index (χ0v) is 10.3. The van der Waals surface area contributed by atoms with Crippen LogP contribution in [-0.4, -0.2) is 23.5 Å². The van der Waals surface area contributed by atoms with Gasteiger partial charge >= 0.3 is 5.97 Å². The first kappa shape index (κ1) is 14.2. The van der Waals surface area contributed by atoms with Gasteiger partial charge in [-0.25, -0.2) is 9.18 Å². The van der Waals surface area contributed by atoms with Crippen molar-refractivity contribution in [3.05, 3.63) is 40.2 Å². The molecule has 0 heterocycles. The van der Waals surface area contributed by atoms with Crippen molar-refractivity contribution in [2.24, 2.45) is 0 Å². The largest absolute Gasteiger partial charge is 0.478 e. The van der Waals surface area contributed by atoms with E-state index in [1.807, 2.05) is 0 Å². The van der Waals surface area contributed by atoms with Crippen LogP contribution in [-0.2, 0) is 4.79 Å². The molecule has 0 spiro atoms. The third-order valence-electron chi connectivity index (χ3n) is 2.08. The SMILES string of the molecule is CC(=O)NCC=Cc1cc(Cl)c(C(=O)O)cc1F. The van der Waals surface area contributed by atoms with Gasteiger partial charge in [0.2, 0.25) is 5.91 Å². The van der Waals surface area contributed by atoms with E-state index in [9.17, 15) is 14.0 Å². The van der Waals surface area contributed by atoms with Crippen LogP contribution in [0.2, 0.25) is 5.02 Å². The van der Waals surface area contributed by atoms with E-state index in [0.29, 0.717) is 0 Å². The van der Waals surface area contributed by atoms with Crippen molar-refractivity contribution in [2.45, 2.75) is 6.92 Å². The van der Waals surface area contributed by atoms with Gasteiger partial charge < -0.3 is 10.4 Å². The van der Waals surface area contributed by atoms with Crippen molar-refractivity contribution in [1.82, 2.24) is 5.32 Å². The molecule has 0 unspecified atom stereocenters. The topological polar surface area (TPSA) is 66.4 Å². The van der Waals surface area contributed by atoms with Gasteiger partial charge in [-0.3, -0.25) is 4.79 Å². The number of nitrogens with one attached hydrogen (secondary N) is 1. The summed E-state index contributed by atoms with van der Waals surface area (Å²) in [4.78, 5) is 21.3. The number of benzene rings is 1. The molecule has 0 aromatic heterocycles. The quantitative estimate of drug-likeness (QED) is 0.883. The summed E-state index contributed by atoms with van der Waals surface area (Å²) in [5.74, 6) is -2.16. The Bertz CT molecular complexity index is 514. The summed E-state index contributed by atoms with van der Waals surface area (Å²) in [6.45, 7) is 1.63. The lowest BCUT2D eigenvalue weighted by Crippen LogP contribution is -2.19. The molecule has 6 heteroatoms. The number of carbonyl (C=O) groups excluding carboxylic acids is 1. The predicted molar refractivity (Wildman–Crippen MR) is 66.1 cm³/mol. The Balaban J connectivity index is 2.88. The molecule has 18 heavy (non-hydrogen) atoms. The molecule has 0 aliphatic carbocycles. The second kappa shape index (κ2) is 6.16. The highest BCUT2D eigenvalue weighted by Gasteiger charge is 2.12. The van der Waals surface area contributed by atoms with Crippen LogP contribution in [0.15, 0.2) is 18.2 Å². The summed E-state index contributed by atoms with van der Waals surface area (Å²) >= 11 is 5.71. The molecule has 1 aromatic rings. The number of hydrogen-bond acceptors (Lipinski definition) is 2. The first-order valence-corrected chi connectivity index (χ1v) is 5.43. The van der Waals surface area contributed by atoms with E-state index in [1.165, 1.54) is 25.1 Å². The van der Waals surface area contributed by atoms with Crippen LogP contribution < -0.4 is 5.32 Å². The molecule has 96 valence electrons. The predicted octanol–water partition coefficient (Wildman–Crippen LogP) is 2.33. The van der Waals surface area contributed by atoms with E-state index < -0.39 is 11.8 Å². The second-order valence-corrected chi connectivity index (χ2v) is 3.91. The number of hydrogen-bond donors (Lipinski definition) is 2. The third kappa shape index (κ3) is 3.85. The lowest BCUT2D eigenvalue weighted by molar-refractivity contribution is -0.118. The van der Waals surface area contributed by atoms with Gasteiger partial charge in [0.25, 0.3) is 0 Å². The molecule has 1 aromatic carbocycles. The average molecular weight is 272 g/mol. The van der Waals surface area contributed by atoms with E-state index in [1.54, 1.807) is 0 Å². The molecular weight excluding hydrogens is 261 g/mol. The first-order valence-electron chi connectivity index (χ1n) is 5.05. The van der Waals surface area contributed by atoms with Gasteiger partial charge in [0.1, 0.15) is 5.82 Å². The highest BCUT2D eigenvalue weighted by atomic mass is 35.5. The summed E-state index contributed by atoms with van der Waals surface area (Å²) in [6.07, 6.45) is 2.96. The van der Waals surface area contributed by atoms with Crippen molar-refractivity contribution >= 4 is 29.6 Å². The minimum absolute atomic E-state index is 0.0388. The van der Waals surface area contributed by atoms with Crippen LogP contribution in [0.3, 0.4) is 0 Å². The Morgan fingerprint density at radius 3 is 2.72 bits per heavy atom. The molecule has 4 nitrogen and oxygen atoms in total. The molecule has 1 rings (SSSR count). The van der Waals surface area contributed by atoms with Gasteiger partial charge in [-0.05, 0) is 12.1 Å². The van der Waals surface area contributed by atoms with Gasteiger partial charge in [0, 0.05) is 19.0 Å². The fourth-order valence-electron chi connectivity index (χ4n) is 1.24. The molecule has 0 aliphatic rings. The van der Waals surface area contributed by atoms with Crippen molar-refractivity contribution in [3.8, 4) is 0 Å². The Morgan fingerprint density at radius 1 is 1.50 bits per heavy atom. The number of halogens is 2. The molecule has 1 amide bonds. The van der Waals surface area contributed by atoms with Crippen LogP contribution in [0, 0.1) is 5.82 Å². The van der Waals surface area contributed by atoms with E-state index >= 15 is 0 Å². The summed E-state index contributed by atoms with van der Waals surface area (Å²) in [5, 5.41) is 11.2. The number of carboxylic acid groups (broad SMARTS) is 1. The molecule has 0 bridgehead atoms. The Morgan fingerprint density at radius 2 is 2.17 bits per heavy atom. The summed E-state index contributed by atoms with van der Waals surface area (Å²) in [6, 6.07) is 2.09. The van der Waals surface area contributed by atoms with E-state index in [-0.39, 0.29) is 28.6 Å². The maximum atomic E-state index is 13.5. The number of carboxylic acids is 1. The lowest BCUT2D eigenvalue weighted by atomic mass is 10.1. The summed E-state index contributed by atoms with van der Waals surface area (Å²) in [5.41, 5.74) is -0.122. The van der Waals surface area contributed by atoms with Crippen LogP contribution in [0.4, 0.5) is 4.39 Å². The highest BCUT2D eigenvalue weighted by molar-refractivity contribution is 6.33. The van der Waals surface area contributed by atoms with Crippen molar-refractivity contribution in [3.63, 3.8) is 0 Å². The Labute approximate surface area is 108 Å². The van der Waals surface area contributed by atoms with Gasteiger partial charge in [-0.2, -0.15) is 0 Å². The van der Waals surface area contributed by atoms with Crippen molar-refractivity contribution < 1.29 is 19.1 Å². The van der Waals surface area contributed by atoms with E-state index in [2.05, 4.69) is 5.32 Å². The van der Waals surface area contributed by atoms with Crippen LogP contribution in [0.25, 0.3) is 6.08 Å². The minimum atomic E-state index is -1.28. The molecule has 0 aliphatic heterocycles. The number of aromatic carboxylic acids is 1. The maximum absolute atomic E-state index is 13.5.